The highest BCUT2D eigenvalue weighted by molar-refractivity contribution is 5.52. The fourth-order valence-electron chi connectivity index (χ4n) is 3.28. The number of benzene rings is 2. The van der Waals surface area contributed by atoms with Gasteiger partial charge in [-0.25, -0.2) is 0 Å². The van der Waals surface area contributed by atoms with Crippen LogP contribution in [0.5, 0.6) is 11.5 Å². The number of nitro groups is 1. The van der Waals surface area contributed by atoms with Gasteiger partial charge in [-0.1, -0.05) is 12.1 Å². The molecule has 6 heteroatoms. The molecule has 0 aliphatic carbocycles. The molecule has 0 amide bonds. The number of hydrogen-bond donors (Lipinski definition) is 0. The van der Waals surface area contributed by atoms with Crippen molar-refractivity contribution in [3.8, 4) is 11.5 Å². The first-order valence-corrected chi connectivity index (χ1v) is 7.74. The topological polar surface area (TPSA) is 64.8 Å². The molecule has 0 radical (unpaired) electrons. The van der Waals surface area contributed by atoms with E-state index < -0.39 is 0 Å². The van der Waals surface area contributed by atoms with Crippen LogP contribution in [0.15, 0.2) is 36.4 Å². The molecule has 126 valence electrons. The van der Waals surface area contributed by atoms with E-state index in [1.807, 2.05) is 24.3 Å². The zero-order valence-corrected chi connectivity index (χ0v) is 14.0. The summed E-state index contributed by atoms with van der Waals surface area (Å²) in [7, 11) is 5.32. The summed E-state index contributed by atoms with van der Waals surface area (Å²) in [5.74, 6) is 1.42. The van der Waals surface area contributed by atoms with Crippen molar-refractivity contribution in [2.75, 3.05) is 27.8 Å². The number of nitrogens with zero attached hydrogens (tertiary/aromatic N) is 2. The molecule has 2 aromatic carbocycles. The summed E-state index contributed by atoms with van der Waals surface area (Å²) in [6, 6.07) is 10.8. The molecule has 0 N–H and O–H groups in total. The van der Waals surface area contributed by atoms with E-state index in [9.17, 15) is 10.1 Å². The molecule has 0 saturated heterocycles. The molecule has 0 bridgehead atoms. The number of non-ortho nitro benzene ring substituents is 1. The highest BCUT2D eigenvalue weighted by Crippen LogP contribution is 2.40. The summed E-state index contributed by atoms with van der Waals surface area (Å²) < 4.78 is 10.8. The smallest absolute Gasteiger partial charge is 0.269 e. The van der Waals surface area contributed by atoms with Crippen LogP contribution in [-0.2, 0) is 6.42 Å². The minimum atomic E-state index is -0.379. The fourth-order valence-corrected chi connectivity index (χ4v) is 3.28. The van der Waals surface area contributed by atoms with Gasteiger partial charge in [0.2, 0.25) is 0 Å². The molecule has 2 aromatic rings. The first-order chi connectivity index (χ1) is 11.5. The third-order valence-corrected chi connectivity index (χ3v) is 4.53. The predicted octanol–water partition coefficient (Wildman–Crippen LogP) is 3.19. The SMILES string of the molecule is COc1cc2c(cc1OC)C(c1ccc([N+](=O)[O-])cc1)N(C)CC2. The molecular formula is C18H20N2O4. The molecule has 1 aliphatic rings. The van der Waals surface area contributed by atoms with Crippen LogP contribution in [0, 0.1) is 10.1 Å². The maximum Gasteiger partial charge on any atom is 0.269 e. The number of hydrogen-bond acceptors (Lipinski definition) is 5. The number of nitro benzene ring substituents is 1. The van der Waals surface area contributed by atoms with Gasteiger partial charge in [-0.3, -0.25) is 15.0 Å². The molecule has 0 fully saturated rings. The summed E-state index contributed by atoms with van der Waals surface area (Å²) in [6.45, 7) is 0.907. The van der Waals surface area contributed by atoms with E-state index in [2.05, 4.69) is 11.9 Å². The van der Waals surface area contributed by atoms with Crippen LogP contribution in [0.4, 0.5) is 5.69 Å². The molecule has 1 atom stereocenters. The van der Waals surface area contributed by atoms with Crippen LogP contribution in [0.3, 0.4) is 0 Å². The van der Waals surface area contributed by atoms with Crippen molar-refractivity contribution in [1.82, 2.24) is 4.90 Å². The van der Waals surface area contributed by atoms with Gasteiger partial charge in [0.15, 0.2) is 11.5 Å². The van der Waals surface area contributed by atoms with Gasteiger partial charge < -0.3 is 9.47 Å². The van der Waals surface area contributed by atoms with Crippen LogP contribution < -0.4 is 9.47 Å². The highest BCUT2D eigenvalue weighted by Gasteiger charge is 2.28. The van der Waals surface area contributed by atoms with Crippen molar-refractivity contribution in [2.45, 2.75) is 12.5 Å². The first-order valence-electron chi connectivity index (χ1n) is 7.74. The van der Waals surface area contributed by atoms with E-state index in [-0.39, 0.29) is 16.7 Å². The summed E-state index contributed by atoms with van der Waals surface area (Å²) in [6.07, 6.45) is 0.926. The molecule has 0 spiro atoms. The van der Waals surface area contributed by atoms with Crippen LogP contribution >= 0.6 is 0 Å². The van der Waals surface area contributed by atoms with Crippen LogP contribution in [0.25, 0.3) is 0 Å². The van der Waals surface area contributed by atoms with Crippen molar-refractivity contribution >= 4 is 5.69 Å². The molecule has 24 heavy (non-hydrogen) atoms. The zero-order valence-electron chi connectivity index (χ0n) is 14.0. The Morgan fingerprint density at radius 1 is 1.12 bits per heavy atom. The molecule has 1 heterocycles. The normalized spacial score (nSPS) is 17.2. The van der Waals surface area contributed by atoms with E-state index in [0.717, 1.165) is 29.8 Å². The maximum absolute atomic E-state index is 10.9. The second-order valence-electron chi connectivity index (χ2n) is 5.89. The third kappa shape index (κ3) is 2.80. The number of rotatable bonds is 4. The fraction of sp³-hybridized carbons (Fsp3) is 0.333. The van der Waals surface area contributed by atoms with Crippen molar-refractivity contribution in [1.29, 1.82) is 0 Å². The lowest BCUT2D eigenvalue weighted by Gasteiger charge is -2.35. The predicted molar refractivity (Wildman–Crippen MR) is 90.8 cm³/mol. The number of methoxy groups -OCH3 is 2. The Balaban J connectivity index is 2.07. The van der Waals surface area contributed by atoms with Gasteiger partial charge >= 0.3 is 0 Å². The lowest BCUT2D eigenvalue weighted by atomic mass is 9.88. The lowest BCUT2D eigenvalue weighted by molar-refractivity contribution is -0.384. The van der Waals surface area contributed by atoms with Gasteiger partial charge in [-0.2, -0.15) is 0 Å². The van der Waals surface area contributed by atoms with E-state index >= 15 is 0 Å². The number of fused-ring (bicyclic) bond motifs is 1. The van der Waals surface area contributed by atoms with Gasteiger partial charge in [0, 0.05) is 18.7 Å². The second-order valence-corrected chi connectivity index (χ2v) is 5.89. The monoisotopic (exact) mass is 328 g/mol. The van der Waals surface area contributed by atoms with Crippen molar-refractivity contribution < 1.29 is 14.4 Å². The summed E-state index contributed by atoms with van der Waals surface area (Å²) in [4.78, 5) is 12.7. The molecule has 1 unspecified atom stereocenters. The number of ether oxygens (including phenoxy) is 2. The Morgan fingerprint density at radius 2 is 1.75 bits per heavy atom. The Hall–Kier alpha value is -2.60. The van der Waals surface area contributed by atoms with Crippen molar-refractivity contribution in [2.24, 2.45) is 0 Å². The van der Waals surface area contributed by atoms with Crippen LogP contribution in [0.1, 0.15) is 22.7 Å². The van der Waals surface area contributed by atoms with E-state index in [4.69, 9.17) is 9.47 Å². The van der Waals surface area contributed by atoms with Gasteiger partial charge in [-0.05, 0) is 42.3 Å². The molecule has 0 saturated carbocycles. The quantitative estimate of drug-likeness (QED) is 0.637. The number of likely N-dealkylation sites (N-methyl/N-ethyl adjacent to an activating group) is 1. The molecular weight excluding hydrogens is 308 g/mol. The Bertz CT molecular complexity index is 758. The maximum atomic E-state index is 10.9. The standard InChI is InChI=1S/C18H20N2O4/c1-19-9-8-13-10-16(23-2)17(24-3)11-15(13)18(19)12-4-6-14(7-5-12)20(21)22/h4-7,10-11,18H,8-9H2,1-3H3. The van der Waals surface area contributed by atoms with Gasteiger partial charge in [0.25, 0.3) is 5.69 Å². The zero-order chi connectivity index (χ0) is 17.3. The average Bonchev–Trinajstić information content (AvgIpc) is 2.60. The summed E-state index contributed by atoms with van der Waals surface area (Å²) >= 11 is 0. The van der Waals surface area contributed by atoms with E-state index in [0.29, 0.717) is 5.75 Å². The van der Waals surface area contributed by atoms with Gasteiger partial charge in [0.05, 0.1) is 25.2 Å². The molecule has 6 nitrogen and oxygen atoms in total. The third-order valence-electron chi connectivity index (χ3n) is 4.53. The summed E-state index contributed by atoms with van der Waals surface area (Å²) in [5, 5.41) is 10.9. The largest absolute Gasteiger partial charge is 0.493 e. The van der Waals surface area contributed by atoms with Crippen LogP contribution in [0.2, 0.25) is 0 Å². The Kier molecular flexibility index (Phi) is 4.40. The van der Waals surface area contributed by atoms with E-state index in [1.165, 1.54) is 5.56 Å². The summed E-state index contributed by atoms with van der Waals surface area (Å²) in [5.41, 5.74) is 3.49. The second kappa shape index (κ2) is 6.49. The molecule has 0 aromatic heterocycles. The minimum absolute atomic E-state index is 0.0364. The lowest BCUT2D eigenvalue weighted by Crippen LogP contribution is -2.32. The van der Waals surface area contributed by atoms with Gasteiger partial charge in [-0.15, -0.1) is 0 Å². The Morgan fingerprint density at radius 3 is 2.33 bits per heavy atom. The van der Waals surface area contributed by atoms with Crippen LogP contribution in [-0.4, -0.2) is 37.6 Å². The highest BCUT2D eigenvalue weighted by atomic mass is 16.6. The van der Waals surface area contributed by atoms with Gasteiger partial charge in [0.1, 0.15) is 0 Å². The van der Waals surface area contributed by atoms with Crippen molar-refractivity contribution in [3.05, 3.63) is 63.2 Å². The van der Waals surface area contributed by atoms with Crippen molar-refractivity contribution in [3.63, 3.8) is 0 Å². The Labute approximate surface area is 140 Å². The average molecular weight is 328 g/mol. The molecule has 3 rings (SSSR count). The molecule has 1 aliphatic heterocycles. The first kappa shape index (κ1) is 16.3. The van der Waals surface area contributed by atoms with E-state index in [1.54, 1.807) is 26.4 Å². The minimum Gasteiger partial charge on any atom is -0.493 e.